The van der Waals surface area contributed by atoms with Gasteiger partial charge in [-0.1, -0.05) is 55.8 Å². The third kappa shape index (κ3) is 2.31. The van der Waals surface area contributed by atoms with E-state index in [1.807, 2.05) is 0 Å². The van der Waals surface area contributed by atoms with Gasteiger partial charge < -0.3 is 4.57 Å². The Bertz CT molecular complexity index is 937. The van der Waals surface area contributed by atoms with Gasteiger partial charge in [-0.15, -0.1) is 0 Å². The van der Waals surface area contributed by atoms with Crippen molar-refractivity contribution >= 4 is 27.8 Å². The fraction of sp³-hybridized carbons (Fsp3) is 0.273. The second-order valence-corrected chi connectivity index (χ2v) is 6.51. The summed E-state index contributed by atoms with van der Waals surface area (Å²) < 4.78 is 2.39. The van der Waals surface area contributed by atoms with Crippen molar-refractivity contribution < 1.29 is 0 Å². The SMILES string of the molecule is CCC/C=C\C1=Cc2c(n(C)c3ccc4ccccc4c23)CC1. The van der Waals surface area contributed by atoms with Crippen molar-refractivity contribution in [2.45, 2.75) is 32.6 Å². The molecule has 0 saturated carbocycles. The Morgan fingerprint density at radius 1 is 1.09 bits per heavy atom. The lowest BCUT2D eigenvalue weighted by atomic mass is 9.93. The van der Waals surface area contributed by atoms with Gasteiger partial charge in [-0.05, 0) is 47.8 Å². The largest absolute Gasteiger partial charge is 0.347 e. The van der Waals surface area contributed by atoms with E-state index in [0.717, 1.165) is 12.8 Å². The highest BCUT2D eigenvalue weighted by Crippen LogP contribution is 2.37. The zero-order valence-corrected chi connectivity index (χ0v) is 14.0. The van der Waals surface area contributed by atoms with Crippen LogP contribution in [0.15, 0.2) is 54.1 Å². The number of benzene rings is 2. The molecule has 1 aliphatic rings. The quantitative estimate of drug-likeness (QED) is 0.557. The number of unbranched alkanes of at least 4 members (excludes halogenated alkanes) is 1. The first-order chi connectivity index (χ1) is 11.3. The van der Waals surface area contributed by atoms with Crippen molar-refractivity contribution in [3.05, 3.63) is 65.4 Å². The summed E-state index contributed by atoms with van der Waals surface area (Å²) in [5, 5.41) is 4.12. The molecule has 116 valence electrons. The number of fused-ring (bicyclic) bond motifs is 5. The molecule has 0 unspecified atom stereocenters. The molecule has 0 atom stereocenters. The van der Waals surface area contributed by atoms with E-state index >= 15 is 0 Å². The highest BCUT2D eigenvalue weighted by atomic mass is 14.9. The summed E-state index contributed by atoms with van der Waals surface area (Å²) in [4.78, 5) is 0. The lowest BCUT2D eigenvalue weighted by Gasteiger charge is -2.13. The summed E-state index contributed by atoms with van der Waals surface area (Å²) in [5.74, 6) is 0. The molecule has 4 rings (SSSR count). The van der Waals surface area contributed by atoms with E-state index in [-0.39, 0.29) is 0 Å². The molecule has 2 aromatic carbocycles. The van der Waals surface area contributed by atoms with Gasteiger partial charge in [-0.3, -0.25) is 0 Å². The third-order valence-electron chi connectivity index (χ3n) is 5.02. The molecule has 0 bridgehead atoms. The van der Waals surface area contributed by atoms with Crippen LogP contribution in [0.5, 0.6) is 0 Å². The van der Waals surface area contributed by atoms with E-state index in [0.29, 0.717) is 0 Å². The Labute approximate surface area is 137 Å². The molecule has 0 N–H and O–H groups in total. The molecular formula is C22H23N. The molecule has 0 aliphatic heterocycles. The Hall–Kier alpha value is -2.28. The summed E-state index contributed by atoms with van der Waals surface area (Å²) in [7, 11) is 2.21. The molecule has 0 fully saturated rings. The van der Waals surface area contributed by atoms with E-state index in [9.17, 15) is 0 Å². The van der Waals surface area contributed by atoms with Crippen LogP contribution >= 0.6 is 0 Å². The molecule has 3 aromatic rings. The number of aromatic nitrogens is 1. The molecule has 1 aromatic heterocycles. The predicted molar refractivity (Wildman–Crippen MR) is 101 cm³/mol. The predicted octanol–water partition coefficient (Wildman–Crippen LogP) is 6.02. The second-order valence-electron chi connectivity index (χ2n) is 6.51. The van der Waals surface area contributed by atoms with Crippen LogP contribution in [-0.2, 0) is 13.5 Å². The number of hydrogen-bond acceptors (Lipinski definition) is 0. The molecule has 0 spiro atoms. The van der Waals surface area contributed by atoms with Gasteiger partial charge in [0.05, 0.1) is 0 Å². The van der Waals surface area contributed by atoms with Gasteiger partial charge in [-0.25, -0.2) is 0 Å². The Balaban J connectivity index is 1.97. The van der Waals surface area contributed by atoms with Gasteiger partial charge >= 0.3 is 0 Å². The molecule has 1 heterocycles. The smallest absolute Gasteiger partial charge is 0.0492 e. The van der Waals surface area contributed by atoms with E-state index < -0.39 is 0 Å². The van der Waals surface area contributed by atoms with Crippen LogP contribution in [0.1, 0.15) is 37.4 Å². The first-order valence-corrected chi connectivity index (χ1v) is 8.65. The summed E-state index contributed by atoms with van der Waals surface area (Å²) in [6, 6.07) is 13.3. The van der Waals surface area contributed by atoms with Gasteiger partial charge in [-0.2, -0.15) is 0 Å². The standard InChI is InChI=1S/C22H23N/c1-3-4-5-8-16-11-13-20-19(15-16)22-18-10-7-6-9-17(18)12-14-21(22)23(20)2/h5-10,12,14-15H,3-4,11,13H2,1-2H3/b8-5-. The van der Waals surface area contributed by atoms with Crippen LogP contribution in [0.2, 0.25) is 0 Å². The maximum atomic E-state index is 2.42. The fourth-order valence-corrected chi connectivity index (χ4v) is 3.80. The molecule has 1 nitrogen and oxygen atoms in total. The molecule has 23 heavy (non-hydrogen) atoms. The summed E-state index contributed by atoms with van der Waals surface area (Å²) in [6.45, 7) is 2.23. The van der Waals surface area contributed by atoms with Crippen LogP contribution < -0.4 is 0 Å². The van der Waals surface area contributed by atoms with Gasteiger partial charge in [0.15, 0.2) is 0 Å². The monoisotopic (exact) mass is 301 g/mol. The normalized spacial score (nSPS) is 14.6. The highest BCUT2D eigenvalue weighted by Gasteiger charge is 2.19. The Kier molecular flexibility index (Phi) is 3.57. The van der Waals surface area contributed by atoms with Crippen molar-refractivity contribution in [1.82, 2.24) is 4.57 Å². The van der Waals surface area contributed by atoms with Crippen molar-refractivity contribution in [3.8, 4) is 0 Å². The average molecular weight is 301 g/mol. The maximum absolute atomic E-state index is 2.42. The van der Waals surface area contributed by atoms with E-state index in [2.05, 4.69) is 73.2 Å². The Morgan fingerprint density at radius 2 is 1.96 bits per heavy atom. The minimum atomic E-state index is 1.14. The number of rotatable bonds is 3. The van der Waals surface area contributed by atoms with Crippen LogP contribution in [0.25, 0.3) is 27.8 Å². The van der Waals surface area contributed by atoms with Gasteiger partial charge in [0.1, 0.15) is 0 Å². The molecule has 0 radical (unpaired) electrons. The van der Waals surface area contributed by atoms with Crippen molar-refractivity contribution in [1.29, 1.82) is 0 Å². The van der Waals surface area contributed by atoms with E-state index in [1.54, 1.807) is 0 Å². The number of allylic oxidation sites excluding steroid dienone is 3. The van der Waals surface area contributed by atoms with Crippen molar-refractivity contribution in [2.75, 3.05) is 0 Å². The van der Waals surface area contributed by atoms with E-state index in [4.69, 9.17) is 0 Å². The minimum absolute atomic E-state index is 1.14. The second kappa shape index (κ2) is 5.73. The van der Waals surface area contributed by atoms with Crippen LogP contribution in [0, 0.1) is 0 Å². The lowest BCUT2D eigenvalue weighted by Crippen LogP contribution is -2.02. The van der Waals surface area contributed by atoms with Crippen LogP contribution in [0.3, 0.4) is 0 Å². The molecule has 1 aliphatic carbocycles. The minimum Gasteiger partial charge on any atom is -0.347 e. The van der Waals surface area contributed by atoms with Gasteiger partial charge in [0.2, 0.25) is 0 Å². The van der Waals surface area contributed by atoms with Crippen LogP contribution in [-0.4, -0.2) is 4.57 Å². The Morgan fingerprint density at radius 3 is 2.83 bits per heavy atom. The molecular weight excluding hydrogens is 278 g/mol. The van der Waals surface area contributed by atoms with Crippen molar-refractivity contribution in [2.24, 2.45) is 7.05 Å². The fourth-order valence-electron chi connectivity index (χ4n) is 3.80. The first kappa shape index (κ1) is 14.3. The number of nitrogens with zero attached hydrogens (tertiary/aromatic N) is 1. The topological polar surface area (TPSA) is 4.93 Å². The lowest BCUT2D eigenvalue weighted by molar-refractivity contribution is 0.812. The van der Waals surface area contributed by atoms with Crippen molar-refractivity contribution in [3.63, 3.8) is 0 Å². The summed E-state index contributed by atoms with van der Waals surface area (Å²) in [5.41, 5.74) is 5.72. The van der Waals surface area contributed by atoms with Crippen LogP contribution in [0.4, 0.5) is 0 Å². The molecule has 1 heteroatoms. The first-order valence-electron chi connectivity index (χ1n) is 8.65. The van der Waals surface area contributed by atoms with E-state index in [1.165, 1.54) is 51.3 Å². The number of aryl methyl sites for hydroxylation is 1. The highest BCUT2D eigenvalue weighted by molar-refractivity contribution is 6.11. The molecule has 0 amide bonds. The summed E-state index contributed by atoms with van der Waals surface area (Å²) >= 11 is 0. The molecule has 0 saturated heterocycles. The van der Waals surface area contributed by atoms with Gasteiger partial charge in [0.25, 0.3) is 0 Å². The zero-order valence-electron chi connectivity index (χ0n) is 14.0. The third-order valence-corrected chi connectivity index (χ3v) is 5.02. The summed E-state index contributed by atoms with van der Waals surface area (Å²) in [6.07, 6.45) is 11.7. The average Bonchev–Trinajstić information content (AvgIpc) is 2.88. The van der Waals surface area contributed by atoms with Gasteiger partial charge in [0, 0.05) is 29.2 Å². The zero-order chi connectivity index (χ0) is 15.8. The maximum Gasteiger partial charge on any atom is 0.0492 e. The number of hydrogen-bond donors (Lipinski definition) is 0.